The lowest BCUT2D eigenvalue weighted by atomic mass is 10.0. The Balaban J connectivity index is 1.74. The molecular formula is C16H21FN2O3. The number of rotatable bonds is 1. The summed E-state index contributed by atoms with van der Waals surface area (Å²) in [7, 11) is 0. The monoisotopic (exact) mass is 308 g/mol. The largest absolute Gasteiger partial charge is 0.493 e. The highest BCUT2D eigenvalue weighted by molar-refractivity contribution is 5.75. The summed E-state index contributed by atoms with van der Waals surface area (Å²) in [6.07, 6.45) is 0.664. The topological polar surface area (TPSA) is 50.8 Å². The van der Waals surface area contributed by atoms with Crippen molar-refractivity contribution in [1.82, 2.24) is 10.2 Å². The quantitative estimate of drug-likeness (QED) is 0.867. The fourth-order valence-corrected chi connectivity index (χ4v) is 2.93. The highest BCUT2D eigenvalue weighted by atomic mass is 19.1. The molecule has 22 heavy (non-hydrogen) atoms. The van der Waals surface area contributed by atoms with E-state index in [-0.39, 0.29) is 30.0 Å². The maximum Gasteiger partial charge on any atom is 0.318 e. The summed E-state index contributed by atoms with van der Waals surface area (Å²) in [6.45, 7) is 5.52. The molecule has 3 atom stereocenters. The minimum Gasteiger partial charge on any atom is -0.493 e. The van der Waals surface area contributed by atoms with Gasteiger partial charge in [-0.15, -0.1) is 0 Å². The van der Waals surface area contributed by atoms with Crippen molar-refractivity contribution in [3.05, 3.63) is 29.6 Å². The molecule has 2 aliphatic heterocycles. The lowest BCUT2D eigenvalue weighted by molar-refractivity contribution is -0.0323. The fourth-order valence-electron chi connectivity index (χ4n) is 2.93. The van der Waals surface area contributed by atoms with Crippen molar-refractivity contribution in [2.75, 3.05) is 19.8 Å². The molecule has 6 heteroatoms. The minimum atomic E-state index is -0.322. The van der Waals surface area contributed by atoms with Crippen LogP contribution >= 0.6 is 0 Å². The van der Waals surface area contributed by atoms with Crippen LogP contribution in [0.1, 0.15) is 31.9 Å². The number of morpholine rings is 1. The zero-order chi connectivity index (χ0) is 15.7. The maximum absolute atomic E-state index is 13.5. The van der Waals surface area contributed by atoms with Gasteiger partial charge in [0.05, 0.1) is 31.4 Å². The number of carbonyl (C=O) groups is 1. The number of nitrogens with zero attached hydrogens (tertiary/aromatic N) is 1. The molecule has 3 rings (SSSR count). The molecule has 2 heterocycles. The van der Waals surface area contributed by atoms with Crippen molar-refractivity contribution in [2.45, 2.75) is 38.5 Å². The van der Waals surface area contributed by atoms with Crippen molar-refractivity contribution in [3.8, 4) is 5.75 Å². The summed E-state index contributed by atoms with van der Waals surface area (Å²) >= 11 is 0. The summed E-state index contributed by atoms with van der Waals surface area (Å²) in [5.41, 5.74) is 0.702. The van der Waals surface area contributed by atoms with Gasteiger partial charge in [-0.2, -0.15) is 0 Å². The standard InChI is InChI=1S/C16H21FN2O3/c1-10-9-22-11(2)8-19(10)16(20)18-14-5-6-21-15-4-3-12(17)7-13(14)15/h3-4,7,10-11,14H,5-6,8-9H2,1-2H3,(H,18,20)/t10-,11-,14-/m1/s1. The van der Waals surface area contributed by atoms with Crippen LogP contribution in [0.25, 0.3) is 0 Å². The highest BCUT2D eigenvalue weighted by Gasteiger charge is 2.30. The highest BCUT2D eigenvalue weighted by Crippen LogP contribution is 2.32. The number of nitrogens with one attached hydrogen (secondary N) is 1. The van der Waals surface area contributed by atoms with Crippen LogP contribution in [0.15, 0.2) is 18.2 Å². The van der Waals surface area contributed by atoms with Crippen LogP contribution in [0.2, 0.25) is 0 Å². The normalized spacial score (nSPS) is 27.8. The number of hydrogen-bond donors (Lipinski definition) is 1. The Hall–Kier alpha value is -1.82. The molecular weight excluding hydrogens is 287 g/mol. The third-order valence-electron chi connectivity index (χ3n) is 4.18. The van der Waals surface area contributed by atoms with Crippen molar-refractivity contribution < 1.29 is 18.7 Å². The molecule has 1 saturated heterocycles. The Morgan fingerprint density at radius 1 is 1.41 bits per heavy atom. The number of ether oxygens (including phenoxy) is 2. The van der Waals surface area contributed by atoms with Crippen molar-refractivity contribution in [2.24, 2.45) is 0 Å². The Labute approximate surface area is 129 Å². The van der Waals surface area contributed by atoms with Crippen LogP contribution in [-0.2, 0) is 4.74 Å². The van der Waals surface area contributed by atoms with Crippen molar-refractivity contribution >= 4 is 6.03 Å². The van der Waals surface area contributed by atoms with Gasteiger partial charge in [0, 0.05) is 18.5 Å². The third kappa shape index (κ3) is 3.02. The first-order valence-corrected chi connectivity index (χ1v) is 7.65. The predicted octanol–water partition coefficient (Wildman–Crippen LogP) is 2.47. The predicted molar refractivity (Wildman–Crippen MR) is 79.4 cm³/mol. The lowest BCUT2D eigenvalue weighted by Gasteiger charge is -2.38. The number of carbonyl (C=O) groups excluding carboxylic acids is 1. The van der Waals surface area contributed by atoms with E-state index in [2.05, 4.69) is 5.32 Å². The van der Waals surface area contributed by atoms with Gasteiger partial charge in [-0.1, -0.05) is 0 Å². The van der Waals surface area contributed by atoms with Crippen molar-refractivity contribution in [3.63, 3.8) is 0 Å². The second-order valence-electron chi connectivity index (χ2n) is 5.97. The second kappa shape index (κ2) is 6.12. The molecule has 0 saturated carbocycles. The average molecular weight is 308 g/mol. The molecule has 0 aromatic heterocycles. The van der Waals surface area contributed by atoms with Crippen LogP contribution in [-0.4, -0.2) is 42.8 Å². The number of urea groups is 1. The van der Waals surface area contributed by atoms with E-state index < -0.39 is 0 Å². The number of fused-ring (bicyclic) bond motifs is 1. The Morgan fingerprint density at radius 3 is 3.05 bits per heavy atom. The fraction of sp³-hybridized carbons (Fsp3) is 0.562. The first-order valence-electron chi connectivity index (χ1n) is 7.65. The van der Waals surface area contributed by atoms with E-state index in [1.807, 2.05) is 13.8 Å². The summed E-state index contributed by atoms with van der Waals surface area (Å²) in [5.74, 6) is 0.318. The number of hydrogen-bond acceptors (Lipinski definition) is 3. The van der Waals surface area contributed by atoms with Gasteiger partial charge in [-0.25, -0.2) is 9.18 Å². The van der Waals surface area contributed by atoms with Gasteiger partial charge in [-0.05, 0) is 32.0 Å². The molecule has 0 aliphatic carbocycles. The molecule has 2 aliphatic rings. The van der Waals surface area contributed by atoms with E-state index in [1.165, 1.54) is 12.1 Å². The Bertz CT molecular complexity index is 566. The molecule has 0 bridgehead atoms. The number of benzene rings is 1. The van der Waals surface area contributed by atoms with Crippen LogP contribution in [0.5, 0.6) is 5.75 Å². The van der Waals surface area contributed by atoms with Gasteiger partial charge in [0.2, 0.25) is 0 Å². The van der Waals surface area contributed by atoms with Gasteiger partial charge < -0.3 is 19.7 Å². The molecule has 5 nitrogen and oxygen atoms in total. The molecule has 0 spiro atoms. The average Bonchev–Trinajstić information content (AvgIpc) is 2.50. The van der Waals surface area contributed by atoms with Crippen LogP contribution in [0.4, 0.5) is 9.18 Å². The zero-order valence-corrected chi connectivity index (χ0v) is 12.8. The first-order chi connectivity index (χ1) is 10.5. The number of amides is 2. The summed E-state index contributed by atoms with van der Waals surface area (Å²) < 4.78 is 24.5. The van der Waals surface area contributed by atoms with Crippen LogP contribution in [0.3, 0.4) is 0 Å². The van der Waals surface area contributed by atoms with Crippen molar-refractivity contribution in [1.29, 1.82) is 0 Å². The summed E-state index contributed by atoms with van der Waals surface area (Å²) in [6, 6.07) is 4.09. The minimum absolute atomic E-state index is 0.0290. The van der Waals surface area contributed by atoms with Gasteiger partial charge >= 0.3 is 6.03 Å². The Kier molecular flexibility index (Phi) is 4.20. The van der Waals surface area contributed by atoms with E-state index in [4.69, 9.17) is 9.47 Å². The SMILES string of the molecule is C[C@@H]1CN(C(=O)N[C@@H]2CCOc3ccc(F)cc32)[C@H](C)CO1. The molecule has 1 aromatic rings. The maximum atomic E-state index is 13.5. The molecule has 2 amide bonds. The van der Waals surface area contributed by atoms with E-state index >= 15 is 0 Å². The number of halogens is 1. The first kappa shape index (κ1) is 15.1. The lowest BCUT2D eigenvalue weighted by Crippen LogP contribution is -2.54. The van der Waals surface area contributed by atoms with E-state index in [1.54, 1.807) is 11.0 Å². The van der Waals surface area contributed by atoms with Crippen LogP contribution < -0.4 is 10.1 Å². The van der Waals surface area contributed by atoms with Crippen LogP contribution in [0, 0.1) is 5.82 Å². The van der Waals surface area contributed by atoms with Gasteiger partial charge in [0.25, 0.3) is 0 Å². The molecule has 1 fully saturated rings. The van der Waals surface area contributed by atoms with E-state index in [9.17, 15) is 9.18 Å². The molecule has 1 aromatic carbocycles. The molecule has 0 unspecified atom stereocenters. The van der Waals surface area contributed by atoms with Gasteiger partial charge in [-0.3, -0.25) is 0 Å². The third-order valence-corrected chi connectivity index (χ3v) is 4.18. The zero-order valence-electron chi connectivity index (χ0n) is 12.8. The molecule has 120 valence electrons. The van der Waals surface area contributed by atoms with E-state index in [0.717, 1.165) is 0 Å². The summed E-state index contributed by atoms with van der Waals surface area (Å²) in [5, 5.41) is 3.01. The molecule has 0 radical (unpaired) electrons. The smallest absolute Gasteiger partial charge is 0.318 e. The second-order valence-corrected chi connectivity index (χ2v) is 5.97. The van der Waals surface area contributed by atoms with Gasteiger partial charge in [0.1, 0.15) is 11.6 Å². The van der Waals surface area contributed by atoms with Gasteiger partial charge in [0.15, 0.2) is 0 Å². The Morgan fingerprint density at radius 2 is 2.23 bits per heavy atom. The summed E-state index contributed by atoms with van der Waals surface area (Å²) in [4.78, 5) is 14.3. The molecule has 1 N–H and O–H groups in total. The van der Waals surface area contributed by atoms with E-state index in [0.29, 0.717) is 37.5 Å².